The molecule has 6 heteroatoms. The highest BCUT2D eigenvalue weighted by Crippen LogP contribution is 2.25. The molecule has 1 aliphatic heterocycles. The largest absolute Gasteiger partial charge is 0.369 e. The Hall–Kier alpha value is -2.89. The van der Waals surface area contributed by atoms with Crippen molar-refractivity contribution in [1.82, 2.24) is 19.3 Å². The van der Waals surface area contributed by atoms with Gasteiger partial charge in [0.2, 0.25) is 5.95 Å². The summed E-state index contributed by atoms with van der Waals surface area (Å²) in [6.07, 6.45) is 3.57. The molecule has 98 valence electrons. The van der Waals surface area contributed by atoms with Crippen molar-refractivity contribution in [2.24, 2.45) is 0 Å². The SMILES string of the molecule is Nc1nc(=O)c2cnn3c2n1CC=C3c1ccccc1. The fourth-order valence-electron chi connectivity index (χ4n) is 2.56. The molecular formula is C14H11N5O. The van der Waals surface area contributed by atoms with Gasteiger partial charge in [-0.1, -0.05) is 30.3 Å². The second-order valence-electron chi connectivity index (χ2n) is 4.63. The molecule has 0 radical (unpaired) electrons. The van der Waals surface area contributed by atoms with Gasteiger partial charge in [0, 0.05) is 6.54 Å². The highest BCUT2D eigenvalue weighted by molar-refractivity contribution is 5.83. The average molecular weight is 265 g/mol. The number of anilines is 1. The maximum atomic E-state index is 11.9. The Balaban J connectivity index is 2.05. The minimum atomic E-state index is -0.339. The maximum Gasteiger partial charge on any atom is 0.285 e. The highest BCUT2D eigenvalue weighted by atomic mass is 16.1. The Kier molecular flexibility index (Phi) is 2.09. The van der Waals surface area contributed by atoms with Gasteiger partial charge in [0.25, 0.3) is 5.56 Å². The molecule has 3 aromatic rings. The predicted octanol–water partition coefficient (Wildman–Crippen LogP) is 1.08. The van der Waals surface area contributed by atoms with Crippen molar-refractivity contribution in [3.05, 3.63) is 58.5 Å². The Morgan fingerprint density at radius 2 is 2.00 bits per heavy atom. The van der Waals surface area contributed by atoms with Gasteiger partial charge < -0.3 is 5.73 Å². The summed E-state index contributed by atoms with van der Waals surface area (Å²) < 4.78 is 3.53. The lowest BCUT2D eigenvalue weighted by Crippen LogP contribution is -2.21. The van der Waals surface area contributed by atoms with E-state index >= 15 is 0 Å². The van der Waals surface area contributed by atoms with Gasteiger partial charge in [0.1, 0.15) is 5.39 Å². The van der Waals surface area contributed by atoms with Crippen LogP contribution in [-0.2, 0) is 6.54 Å². The molecule has 0 amide bonds. The lowest BCUT2D eigenvalue weighted by molar-refractivity contribution is 0.761. The van der Waals surface area contributed by atoms with Crippen LogP contribution in [0.4, 0.5) is 5.95 Å². The zero-order valence-corrected chi connectivity index (χ0v) is 10.5. The predicted molar refractivity (Wildman–Crippen MR) is 76.0 cm³/mol. The van der Waals surface area contributed by atoms with Crippen LogP contribution in [0.3, 0.4) is 0 Å². The Labute approximate surface area is 113 Å². The minimum absolute atomic E-state index is 0.215. The van der Waals surface area contributed by atoms with Crippen LogP contribution in [0.2, 0.25) is 0 Å². The molecule has 0 saturated carbocycles. The molecule has 0 atom stereocenters. The third-order valence-corrected chi connectivity index (χ3v) is 3.49. The van der Waals surface area contributed by atoms with Crippen molar-refractivity contribution in [1.29, 1.82) is 0 Å². The second-order valence-corrected chi connectivity index (χ2v) is 4.63. The van der Waals surface area contributed by atoms with Crippen LogP contribution in [-0.4, -0.2) is 19.3 Å². The molecule has 0 spiro atoms. The van der Waals surface area contributed by atoms with Crippen molar-refractivity contribution in [3.63, 3.8) is 0 Å². The van der Waals surface area contributed by atoms with Crippen molar-refractivity contribution in [3.8, 4) is 0 Å². The molecule has 2 aromatic heterocycles. The van der Waals surface area contributed by atoms with Crippen molar-refractivity contribution in [2.75, 3.05) is 5.73 Å². The number of rotatable bonds is 1. The molecule has 3 heterocycles. The zero-order valence-electron chi connectivity index (χ0n) is 10.5. The summed E-state index contributed by atoms with van der Waals surface area (Å²) >= 11 is 0. The lowest BCUT2D eigenvalue weighted by Gasteiger charge is -2.19. The van der Waals surface area contributed by atoms with Crippen molar-refractivity contribution in [2.45, 2.75) is 6.54 Å². The lowest BCUT2D eigenvalue weighted by atomic mass is 10.1. The highest BCUT2D eigenvalue weighted by Gasteiger charge is 2.20. The summed E-state index contributed by atoms with van der Waals surface area (Å²) in [5, 5.41) is 4.80. The molecule has 0 unspecified atom stereocenters. The topological polar surface area (TPSA) is 78.7 Å². The maximum absolute atomic E-state index is 11.9. The minimum Gasteiger partial charge on any atom is -0.369 e. The number of allylic oxidation sites excluding steroid dienone is 1. The number of benzene rings is 1. The second kappa shape index (κ2) is 3.80. The summed E-state index contributed by atoms with van der Waals surface area (Å²) in [7, 11) is 0. The molecule has 4 rings (SSSR count). The molecule has 1 aliphatic rings. The number of nitrogen functional groups attached to an aromatic ring is 1. The molecule has 1 aromatic carbocycles. The van der Waals surface area contributed by atoms with E-state index in [-0.39, 0.29) is 11.5 Å². The van der Waals surface area contributed by atoms with E-state index in [0.717, 1.165) is 11.3 Å². The Bertz CT molecular complexity index is 904. The van der Waals surface area contributed by atoms with Gasteiger partial charge in [-0.3, -0.25) is 9.36 Å². The van der Waals surface area contributed by atoms with Gasteiger partial charge >= 0.3 is 0 Å². The van der Waals surface area contributed by atoms with Crippen LogP contribution in [0.15, 0.2) is 47.4 Å². The fourth-order valence-corrected chi connectivity index (χ4v) is 2.56. The van der Waals surface area contributed by atoms with E-state index in [9.17, 15) is 4.79 Å². The first-order valence-corrected chi connectivity index (χ1v) is 6.26. The first kappa shape index (κ1) is 11.0. The number of nitrogens with zero attached hydrogens (tertiary/aromatic N) is 4. The summed E-state index contributed by atoms with van der Waals surface area (Å²) in [6.45, 7) is 0.575. The third-order valence-electron chi connectivity index (χ3n) is 3.49. The molecule has 2 N–H and O–H groups in total. The first-order valence-electron chi connectivity index (χ1n) is 6.26. The van der Waals surface area contributed by atoms with Crippen LogP contribution in [0, 0.1) is 0 Å². The van der Waals surface area contributed by atoms with Crippen LogP contribution in [0.1, 0.15) is 5.56 Å². The van der Waals surface area contributed by atoms with Crippen molar-refractivity contribution >= 4 is 22.7 Å². The molecular weight excluding hydrogens is 254 g/mol. The van der Waals surface area contributed by atoms with E-state index < -0.39 is 0 Å². The molecule has 6 nitrogen and oxygen atoms in total. The van der Waals surface area contributed by atoms with E-state index in [0.29, 0.717) is 17.6 Å². The third kappa shape index (κ3) is 1.36. The molecule has 20 heavy (non-hydrogen) atoms. The summed E-state index contributed by atoms with van der Waals surface area (Å²) in [6, 6.07) is 9.93. The summed E-state index contributed by atoms with van der Waals surface area (Å²) in [5.41, 5.74) is 8.18. The van der Waals surface area contributed by atoms with Crippen LogP contribution < -0.4 is 11.3 Å². The monoisotopic (exact) mass is 265 g/mol. The smallest absolute Gasteiger partial charge is 0.285 e. The number of hydrogen-bond donors (Lipinski definition) is 1. The van der Waals surface area contributed by atoms with Gasteiger partial charge in [-0.15, -0.1) is 0 Å². The van der Waals surface area contributed by atoms with Gasteiger partial charge in [-0.2, -0.15) is 10.1 Å². The van der Waals surface area contributed by atoms with E-state index in [2.05, 4.69) is 10.1 Å². The number of hydrogen-bond acceptors (Lipinski definition) is 4. The number of nitrogens with two attached hydrogens (primary N) is 1. The van der Waals surface area contributed by atoms with E-state index in [1.54, 1.807) is 15.4 Å². The van der Waals surface area contributed by atoms with E-state index in [4.69, 9.17) is 5.73 Å². The van der Waals surface area contributed by atoms with Gasteiger partial charge in [-0.05, 0) is 11.6 Å². The zero-order chi connectivity index (χ0) is 13.7. The van der Waals surface area contributed by atoms with Gasteiger partial charge in [0.05, 0.1) is 11.9 Å². The molecule has 0 fully saturated rings. The number of aromatic nitrogens is 4. The Morgan fingerprint density at radius 1 is 1.20 bits per heavy atom. The standard InChI is InChI=1S/C14H11N5O/c15-14-17-12(20)10-8-16-19-11(6-7-18(14)13(10)19)9-4-2-1-3-5-9/h1-6,8H,7H2,(H2,15,17,20). The normalized spacial score (nSPS) is 13.5. The fraction of sp³-hybridized carbons (Fsp3) is 0.0714. The van der Waals surface area contributed by atoms with Crippen molar-refractivity contribution < 1.29 is 0 Å². The first-order chi connectivity index (χ1) is 9.75. The average Bonchev–Trinajstić information content (AvgIpc) is 2.91. The summed E-state index contributed by atoms with van der Waals surface area (Å²) in [4.78, 5) is 15.7. The molecule has 0 saturated heterocycles. The Morgan fingerprint density at radius 3 is 2.80 bits per heavy atom. The van der Waals surface area contributed by atoms with E-state index in [1.807, 2.05) is 36.4 Å². The quantitative estimate of drug-likeness (QED) is 0.714. The van der Waals surface area contributed by atoms with E-state index in [1.165, 1.54) is 0 Å². The van der Waals surface area contributed by atoms with Gasteiger partial charge in [-0.25, -0.2) is 4.68 Å². The van der Waals surface area contributed by atoms with Crippen LogP contribution >= 0.6 is 0 Å². The summed E-state index contributed by atoms with van der Waals surface area (Å²) in [5.74, 6) is 0.215. The van der Waals surface area contributed by atoms with Crippen LogP contribution in [0.5, 0.6) is 0 Å². The molecule has 0 aliphatic carbocycles. The molecule has 0 bridgehead atoms. The van der Waals surface area contributed by atoms with Crippen LogP contribution in [0.25, 0.3) is 16.7 Å². The van der Waals surface area contributed by atoms with Gasteiger partial charge in [0.15, 0.2) is 5.65 Å².